The van der Waals surface area contributed by atoms with Crippen LogP contribution in [0.2, 0.25) is 0 Å². The average Bonchev–Trinajstić information content (AvgIpc) is 2.49. The summed E-state index contributed by atoms with van der Waals surface area (Å²) >= 11 is 0. The van der Waals surface area contributed by atoms with E-state index >= 15 is 0 Å². The normalized spacial score (nSPS) is 28.8. The maximum absolute atomic E-state index is 11.6. The van der Waals surface area contributed by atoms with Crippen LogP contribution in [0.1, 0.15) is 38.5 Å². The number of carbonyl (C=O) groups excluding carboxylic acids is 1. The molecule has 2 aliphatic rings. The van der Waals surface area contributed by atoms with Crippen molar-refractivity contribution in [2.24, 2.45) is 11.8 Å². The van der Waals surface area contributed by atoms with Gasteiger partial charge in [0.05, 0.1) is 0 Å². The molecular formula is C11H19NO. The molecule has 0 aromatic rings. The van der Waals surface area contributed by atoms with Crippen LogP contribution in [0.5, 0.6) is 0 Å². The van der Waals surface area contributed by atoms with E-state index in [2.05, 4.69) is 5.32 Å². The summed E-state index contributed by atoms with van der Waals surface area (Å²) in [7, 11) is 0. The molecular weight excluding hydrogens is 162 g/mol. The second-order valence-electron chi connectivity index (χ2n) is 4.49. The molecule has 1 aliphatic heterocycles. The summed E-state index contributed by atoms with van der Waals surface area (Å²) < 4.78 is 0. The first-order valence-corrected chi connectivity index (χ1v) is 5.59. The Hall–Kier alpha value is -0.370. The lowest BCUT2D eigenvalue weighted by atomic mass is 9.80. The SMILES string of the molecule is O=C(CCC1CCNC1)C1CCC1. The van der Waals surface area contributed by atoms with Crippen molar-refractivity contribution in [3.63, 3.8) is 0 Å². The third-order valence-electron chi connectivity index (χ3n) is 3.52. The number of nitrogens with one attached hydrogen (secondary N) is 1. The maximum Gasteiger partial charge on any atom is 0.135 e. The summed E-state index contributed by atoms with van der Waals surface area (Å²) in [6.45, 7) is 2.29. The average molecular weight is 181 g/mol. The van der Waals surface area contributed by atoms with Gasteiger partial charge in [-0.3, -0.25) is 4.79 Å². The Morgan fingerprint density at radius 1 is 1.31 bits per heavy atom. The molecule has 0 bridgehead atoms. The molecule has 0 spiro atoms. The Morgan fingerprint density at radius 2 is 2.15 bits per heavy atom. The molecule has 74 valence electrons. The van der Waals surface area contributed by atoms with Gasteiger partial charge in [0, 0.05) is 12.3 Å². The number of carbonyl (C=O) groups is 1. The van der Waals surface area contributed by atoms with Crippen LogP contribution in [0, 0.1) is 11.8 Å². The zero-order chi connectivity index (χ0) is 9.10. The molecule has 1 heterocycles. The molecule has 1 N–H and O–H groups in total. The Labute approximate surface area is 80.1 Å². The molecule has 1 aliphatic carbocycles. The van der Waals surface area contributed by atoms with Gasteiger partial charge in [-0.05, 0) is 44.7 Å². The van der Waals surface area contributed by atoms with E-state index in [0.717, 1.165) is 31.8 Å². The molecule has 0 aromatic heterocycles. The van der Waals surface area contributed by atoms with Crippen molar-refractivity contribution in [3.05, 3.63) is 0 Å². The predicted molar refractivity (Wildman–Crippen MR) is 52.6 cm³/mol. The third-order valence-corrected chi connectivity index (χ3v) is 3.52. The van der Waals surface area contributed by atoms with Crippen LogP contribution in [-0.4, -0.2) is 18.9 Å². The Morgan fingerprint density at radius 3 is 2.69 bits per heavy atom. The van der Waals surface area contributed by atoms with Gasteiger partial charge in [0.1, 0.15) is 5.78 Å². The molecule has 1 saturated heterocycles. The Balaban J connectivity index is 1.63. The second-order valence-corrected chi connectivity index (χ2v) is 4.49. The van der Waals surface area contributed by atoms with Gasteiger partial charge in [-0.1, -0.05) is 6.42 Å². The van der Waals surface area contributed by atoms with Gasteiger partial charge in [-0.15, -0.1) is 0 Å². The molecule has 0 radical (unpaired) electrons. The lowest BCUT2D eigenvalue weighted by Gasteiger charge is -2.24. The minimum atomic E-state index is 0.453. The molecule has 2 nitrogen and oxygen atoms in total. The first kappa shape index (κ1) is 9.20. The van der Waals surface area contributed by atoms with Crippen molar-refractivity contribution in [3.8, 4) is 0 Å². The monoisotopic (exact) mass is 181 g/mol. The molecule has 1 saturated carbocycles. The first-order chi connectivity index (χ1) is 6.36. The van der Waals surface area contributed by atoms with Gasteiger partial charge in [0.15, 0.2) is 0 Å². The number of ketones is 1. The molecule has 0 aromatic carbocycles. The van der Waals surface area contributed by atoms with E-state index in [9.17, 15) is 4.79 Å². The van der Waals surface area contributed by atoms with Crippen LogP contribution in [-0.2, 0) is 4.79 Å². The highest BCUT2D eigenvalue weighted by atomic mass is 16.1. The van der Waals surface area contributed by atoms with Crippen molar-refractivity contribution in [2.75, 3.05) is 13.1 Å². The molecule has 2 rings (SSSR count). The zero-order valence-corrected chi connectivity index (χ0v) is 8.22. The van der Waals surface area contributed by atoms with Gasteiger partial charge >= 0.3 is 0 Å². The van der Waals surface area contributed by atoms with E-state index in [1.165, 1.54) is 25.7 Å². The fraction of sp³-hybridized carbons (Fsp3) is 0.909. The Kier molecular flexibility index (Phi) is 2.99. The smallest absolute Gasteiger partial charge is 0.135 e. The largest absolute Gasteiger partial charge is 0.316 e. The number of Topliss-reactive ketones (excluding diaryl/α,β-unsaturated/α-hetero) is 1. The van der Waals surface area contributed by atoms with Crippen LogP contribution in [0.4, 0.5) is 0 Å². The standard InChI is InChI=1S/C11H19NO/c13-11(10-2-1-3-10)5-4-9-6-7-12-8-9/h9-10,12H,1-8H2. The van der Waals surface area contributed by atoms with E-state index in [1.807, 2.05) is 0 Å². The summed E-state index contributed by atoms with van der Waals surface area (Å²) in [6, 6.07) is 0. The highest BCUT2D eigenvalue weighted by Gasteiger charge is 2.25. The summed E-state index contributed by atoms with van der Waals surface area (Å²) in [5.74, 6) is 1.77. The number of hydrogen-bond acceptors (Lipinski definition) is 2. The van der Waals surface area contributed by atoms with Gasteiger partial charge in [-0.25, -0.2) is 0 Å². The van der Waals surface area contributed by atoms with Crippen molar-refractivity contribution < 1.29 is 4.79 Å². The van der Waals surface area contributed by atoms with E-state index in [-0.39, 0.29) is 0 Å². The molecule has 0 amide bonds. The maximum atomic E-state index is 11.6. The van der Waals surface area contributed by atoms with Gasteiger partial charge in [-0.2, -0.15) is 0 Å². The molecule has 1 atom stereocenters. The Bertz CT molecular complexity index is 181. The van der Waals surface area contributed by atoms with E-state index in [4.69, 9.17) is 0 Å². The quantitative estimate of drug-likeness (QED) is 0.716. The molecule has 2 fully saturated rings. The fourth-order valence-electron chi connectivity index (χ4n) is 2.24. The van der Waals surface area contributed by atoms with Crippen LogP contribution >= 0.6 is 0 Å². The minimum absolute atomic E-state index is 0.453. The topological polar surface area (TPSA) is 29.1 Å². The fourth-order valence-corrected chi connectivity index (χ4v) is 2.24. The van der Waals surface area contributed by atoms with E-state index < -0.39 is 0 Å². The lowest BCUT2D eigenvalue weighted by molar-refractivity contribution is -0.125. The second kappa shape index (κ2) is 4.23. The summed E-state index contributed by atoms with van der Waals surface area (Å²) in [6.07, 6.45) is 6.86. The van der Waals surface area contributed by atoms with Crippen LogP contribution in [0.15, 0.2) is 0 Å². The van der Waals surface area contributed by atoms with Crippen LogP contribution in [0.25, 0.3) is 0 Å². The molecule has 1 unspecified atom stereocenters. The number of rotatable bonds is 4. The van der Waals surface area contributed by atoms with E-state index in [1.54, 1.807) is 0 Å². The highest BCUT2D eigenvalue weighted by molar-refractivity contribution is 5.81. The van der Waals surface area contributed by atoms with Crippen molar-refractivity contribution in [1.29, 1.82) is 0 Å². The van der Waals surface area contributed by atoms with Crippen LogP contribution in [0.3, 0.4) is 0 Å². The predicted octanol–water partition coefficient (Wildman–Crippen LogP) is 1.75. The lowest BCUT2D eigenvalue weighted by Crippen LogP contribution is -2.22. The van der Waals surface area contributed by atoms with Crippen LogP contribution < -0.4 is 5.32 Å². The van der Waals surface area contributed by atoms with E-state index in [0.29, 0.717) is 11.7 Å². The summed E-state index contributed by atoms with van der Waals surface area (Å²) in [5.41, 5.74) is 0. The summed E-state index contributed by atoms with van der Waals surface area (Å²) in [4.78, 5) is 11.6. The molecule has 13 heavy (non-hydrogen) atoms. The van der Waals surface area contributed by atoms with Crippen molar-refractivity contribution >= 4 is 5.78 Å². The molecule has 2 heteroatoms. The minimum Gasteiger partial charge on any atom is -0.316 e. The summed E-state index contributed by atoms with van der Waals surface area (Å²) in [5, 5.41) is 3.34. The first-order valence-electron chi connectivity index (χ1n) is 5.59. The zero-order valence-electron chi connectivity index (χ0n) is 8.22. The van der Waals surface area contributed by atoms with Gasteiger partial charge < -0.3 is 5.32 Å². The van der Waals surface area contributed by atoms with Gasteiger partial charge in [0.25, 0.3) is 0 Å². The third kappa shape index (κ3) is 2.31. The van der Waals surface area contributed by atoms with Crippen molar-refractivity contribution in [1.82, 2.24) is 5.32 Å². The van der Waals surface area contributed by atoms with Crippen molar-refractivity contribution in [2.45, 2.75) is 38.5 Å². The highest BCUT2D eigenvalue weighted by Crippen LogP contribution is 2.29. The van der Waals surface area contributed by atoms with Gasteiger partial charge in [0.2, 0.25) is 0 Å². The number of hydrogen-bond donors (Lipinski definition) is 1.